The first-order valence-corrected chi connectivity index (χ1v) is 9.89. The molecule has 1 unspecified atom stereocenters. The molecule has 26 heavy (non-hydrogen) atoms. The van der Waals surface area contributed by atoms with E-state index in [4.69, 9.17) is 0 Å². The van der Waals surface area contributed by atoms with Gasteiger partial charge in [0.15, 0.2) is 0 Å². The number of hydrogen-bond donors (Lipinski definition) is 0. The monoisotopic (exact) mass is 354 g/mol. The lowest BCUT2D eigenvalue weighted by Gasteiger charge is -2.52. The molecule has 2 saturated heterocycles. The summed E-state index contributed by atoms with van der Waals surface area (Å²) < 4.78 is 0. The minimum Gasteiger partial charge on any atom is -0.336 e. The first-order valence-electron chi connectivity index (χ1n) is 9.89. The van der Waals surface area contributed by atoms with E-state index in [9.17, 15) is 9.59 Å². The summed E-state index contributed by atoms with van der Waals surface area (Å²) in [7, 11) is 0. The molecule has 0 bridgehead atoms. The van der Waals surface area contributed by atoms with Gasteiger partial charge in [0, 0.05) is 31.6 Å². The van der Waals surface area contributed by atoms with Crippen molar-refractivity contribution in [2.75, 3.05) is 19.6 Å². The smallest absolute Gasteiger partial charge is 0.253 e. The highest BCUT2D eigenvalue weighted by molar-refractivity contribution is 5.94. The second-order valence-corrected chi connectivity index (χ2v) is 7.65. The molecular weight excluding hydrogens is 324 g/mol. The molecule has 0 saturated carbocycles. The summed E-state index contributed by atoms with van der Waals surface area (Å²) in [5, 5.41) is 0. The Hall–Kier alpha value is -2.10. The van der Waals surface area contributed by atoms with Crippen molar-refractivity contribution < 1.29 is 9.59 Å². The zero-order valence-corrected chi connectivity index (χ0v) is 15.9. The van der Waals surface area contributed by atoms with Gasteiger partial charge in [0.1, 0.15) is 0 Å². The van der Waals surface area contributed by atoms with Gasteiger partial charge < -0.3 is 9.80 Å². The maximum Gasteiger partial charge on any atom is 0.253 e. The predicted octanol–water partition coefficient (Wildman–Crippen LogP) is 3.81. The maximum absolute atomic E-state index is 13.0. The molecule has 1 spiro atoms. The number of nitrogens with zero attached hydrogens (tertiary/aromatic N) is 2. The fourth-order valence-electron chi connectivity index (χ4n) is 4.52. The second-order valence-electron chi connectivity index (χ2n) is 7.65. The van der Waals surface area contributed by atoms with Crippen molar-refractivity contribution in [2.24, 2.45) is 0 Å². The van der Waals surface area contributed by atoms with E-state index >= 15 is 0 Å². The van der Waals surface area contributed by atoms with E-state index in [1.165, 1.54) is 5.56 Å². The minimum atomic E-state index is -0.209. The average Bonchev–Trinajstić information content (AvgIpc) is 2.65. The van der Waals surface area contributed by atoms with Crippen molar-refractivity contribution in [1.82, 2.24) is 9.80 Å². The predicted molar refractivity (Wildman–Crippen MR) is 104 cm³/mol. The topological polar surface area (TPSA) is 40.6 Å². The maximum atomic E-state index is 13.0. The van der Waals surface area contributed by atoms with Crippen molar-refractivity contribution in [1.29, 1.82) is 0 Å². The highest BCUT2D eigenvalue weighted by Crippen LogP contribution is 2.37. The van der Waals surface area contributed by atoms with Gasteiger partial charge in [0.05, 0.1) is 5.54 Å². The van der Waals surface area contributed by atoms with E-state index in [1.807, 2.05) is 21.9 Å². The lowest BCUT2D eigenvalue weighted by Crippen LogP contribution is -2.63. The standard InChI is InChI=1S/C22H30N2O2/c1-3-7-18-9-11-19(12-10-18)21(26)23-16-6-14-22(17-23)13-5-8-20(25)24(22)15-4-2/h4,9-12H,2-3,5-8,13-17H2,1H3. The van der Waals surface area contributed by atoms with Gasteiger partial charge in [-0.2, -0.15) is 0 Å². The molecule has 2 heterocycles. The lowest BCUT2D eigenvalue weighted by atomic mass is 9.79. The van der Waals surface area contributed by atoms with Gasteiger partial charge in [0.2, 0.25) is 5.91 Å². The van der Waals surface area contributed by atoms with Crippen LogP contribution in [0.25, 0.3) is 0 Å². The van der Waals surface area contributed by atoms with Crippen LogP contribution in [0.2, 0.25) is 0 Å². The van der Waals surface area contributed by atoms with E-state index < -0.39 is 0 Å². The SMILES string of the molecule is C=CCN1C(=O)CCCC12CCCN(C(=O)c1ccc(CCC)cc1)C2. The summed E-state index contributed by atoms with van der Waals surface area (Å²) in [6.45, 7) is 7.97. The van der Waals surface area contributed by atoms with Crippen molar-refractivity contribution in [2.45, 2.75) is 57.4 Å². The number of rotatable bonds is 5. The summed E-state index contributed by atoms with van der Waals surface area (Å²) in [6.07, 6.45) is 8.38. The van der Waals surface area contributed by atoms with Crippen molar-refractivity contribution in [3.63, 3.8) is 0 Å². The molecule has 1 aromatic carbocycles. The molecule has 4 nitrogen and oxygen atoms in total. The molecule has 3 rings (SSSR count). The van der Waals surface area contributed by atoms with Gasteiger partial charge in [-0.25, -0.2) is 0 Å². The third kappa shape index (κ3) is 3.69. The van der Waals surface area contributed by atoms with Crippen LogP contribution in [0, 0.1) is 0 Å². The van der Waals surface area contributed by atoms with E-state index in [-0.39, 0.29) is 17.4 Å². The van der Waals surface area contributed by atoms with Gasteiger partial charge in [-0.15, -0.1) is 6.58 Å². The Labute approximate surface area is 156 Å². The normalized spacial score (nSPS) is 23.3. The fraction of sp³-hybridized carbons (Fsp3) is 0.545. The quantitative estimate of drug-likeness (QED) is 0.755. The molecule has 4 heteroatoms. The Balaban J connectivity index is 1.77. The van der Waals surface area contributed by atoms with Crippen LogP contribution in [-0.2, 0) is 11.2 Å². The highest BCUT2D eigenvalue weighted by atomic mass is 16.2. The number of piperidine rings is 2. The Morgan fingerprint density at radius 2 is 1.96 bits per heavy atom. The summed E-state index contributed by atoms with van der Waals surface area (Å²) in [5.74, 6) is 0.290. The number of hydrogen-bond acceptors (Lipinski definition) is 2. The van der Waals surface area contributed by atoms with Crippen molar-refractivity contribution in [3.8, 4) is 0 Å². The molecule has 2 amide bonds. The molecular formula is C22H30N2O2. The summed E-state index contributed by atoms with van der Waals surface area (Å²) in [5.41, 5.74) is 1.81. The zero-order chi connectivity index (χ0) is 18.6. The molecule has 2 aliphatic rings. The molecule has 0 N–H and O–H groups in total. The van der Waals surface area contributed by atoms with Crippen LogP contribution in [0.3, 0.4) is 0 Å². The minimum absolute atomic E-state index is 0.0868. The number of benzene rings is 1. The summed E-state index contributed by atoms with van der Waals surface area (Å²) in [4.78, 5) is 29.5. The third-order valence-corrected chi connectivity index (χ3v) is 5.80. The van der Waals surface area contributed by atoms with Crippen LogP contribution in [0.15, 0.2) is 36.9 Å². The Morgan fingerprint density at radius 1 is 1.23 bits per heavy atom. The molecule has 1 aromatic rings. The van der Waals surface area contributed by atoms with Gasteiger partial charge in [0.25, 0.3) is 5.91 Å². The second kappa shape index (κ2) is 8.07. The van der Waals surface area contributed by atoms with E-state index in [1.54, 1.807) is 6.08 Å². The Bertz CT molecular complexity index is 663. The van der Waals surface area contributed by atoms with Crippen LogP contribution >= 0.6 is 0 Å². The first kappa shape index (κ1) is 18.7. The molecule has 0 aliphatic carbocycles. The first-order chi connectivity index (χ1) is 12.6. The van der Waals surface area contributed by atoms with Gasteiger partial charge in [-0.1, -0.05) is 31.6 Å². The number of amides is 2. The number of carbonyl (C=O) groups is 2. The van der Waals surface area contributed by atoms with Crippen molar-refractivity contribution >= 4 is 11.8 Å². The summed E-state index contributed by atoms with van der Waals surface area (Å²) in [6, 6.07) is 8.01. The van der Waals surface area contributed by atoms with Crippen LogP contribution in [0.1, 0.15) is 61.4 Å². The van der Waals surface area contributed by atoms with Crippen LogP contribution in [0.5, 0.6) is 0 Å². The van der Waals surface area contributed by atoms with Gasteiger partial charge >= 0.3 is 0 Å². The van der Waals surface area contributed by atoms with Crippen LogP contribution in [-0.4, -0.2) is 46.8 Å². The largest absolute Gasteiger partial charge is 0.336 e. The van der Waals surface area contributed by atoms with E-state index in [0.29, 0.717) is 19.5 Å². The number of aryl methyl sites for hydroxylation is 1. The van der Waals surface area contributed by atoms with Crippen molar-refractivity contribution in [3.05, 3.63) is 48.0 Å². The lowest BCUT2D eigenvalue weighted by molar-refractivity contribution is -0.143. The Morgan fingerprint density at radius 3 is 2.65 bits per heavy atom. The third-order valence-electron chi connectivity index (χ3n) is 5.80. The zero-order valence-electron chi connectivity index (χ0n) is 15.9. The Kier molecular flexibility index (Phi) is 5.80. The molecule has 140 valence electrons. The van der Waals surface area contributed by atoms with Gasteiger partial charge in [-0.3, -0.25) is 9.59 Å². The number of carbonyl (C=O) groups excluding carboxylic acids is 2. The molecule has 0 aromatic heterocycles. The fourth-order valence-corrected chi connectivity index (χ4v) is 4.52. The molecule has 2 fully saturated rings. The highest BCUT2D eigenvalue weighted by Gasteiger charge is 2.45. The summed E-state index contributed by atoms with van der Waals surface area (Å²) >= 11 is 0. The van der Waals surface area contributed by atoms with Gasteiger partial charge in [-0.05, 0) is 49.8 Å². The average molecular weight is 354 g/mol. The van der Waals surface area contributed by atoms with E-state index in [0.717, 1.165) is 50.6 Å². The molecule has 2 aliphatic heterocycles. The van der Waals surface area contributed by atoms with E-state index in [2.05, 4.69) is 25.6 Å². The number of likely N-dealkylation sites (tertiary alicyclic amines) is 2. The van der Waals surface area contributed by atoms with Crippen LogP contribution < -0.4 is 0 Å². The molecule has 1 atom stereocenters. The molecule has 0 radical (unpaired) electrons. The van der Waals surface area contributed by atoms with Crippen LogP contribution in [0.4, 0.5) is 0 Å².